The molecule has 0 amide bonds. The highest BCUT2D eigenvalue weighted by molar-refractivity contribution is 9.10. The van der Waals surface area contributed by atoms with E-state index in [1.807, 2.05) is 18.2 Å². The summed E-state index contributed by atoms with van der Waals surface area (Å²) >= 11 is 3.53. The average molecular weight is 328 g/mol. The summed E-state index contributed by atoms with van der Waals surface area (Å²) in [6, 6.07) is 6.16. The molecule has 0 aromatic heterocycles. The highest BCUT2D eigenvalue weighted by Gasteiger charge is 2.12. The summed E-state index contributed by atoms with van der Waals surface area (Å²) in [5.41, 5.74) is 1.75. The summed E-state index contributed by atoms with van der Waals surface area (Å²) in [4.78, 5) is 13.8. The molecule has 1 unspecified atom stereocenters. The van der Waals surface area contributed by atoms with Crippen LogP contribution in [-0.2, 0) is 11.3 Å². The topological polar surface area (TPSA) is 29.5 Å². The molecule has 0 radical (unpaired) electrons. The van der Waals surface area contributed by atoms with Crippen LogP contribution in [0.2, 0.25) is 0 Å². The second-order valence-corrected chi connectivity index (χ2v) is 5.70. The highest BCUT2D eigenvalue weighted by atomic mass is 79.9. The fourth-order valence-electron chi connectivity index (χ4n) is 1.98. The molecule has 0 saturated heterocycles. The lowest BCUT2D eigenvalue weighted by Gasteiger charge is -2.25. The van der Waals surface area contributed by atoms with Gasteiger partial charge in [0.1, 0.15) is 0 Å². The van der Waals surface area contributed by atoms with Gasteiger partial charge in [-0.05, 0) is 38.1 Å². The van der Waals surface area contributed by atoms with Crippen LogP contribution in [0, 0.1) is 0 Å². The van der Waals surface area contributed by atoms with Crippen molar-refractivity contribution in [1.82, 2.24) is 4.90 Å². The number of benzene rings is 1. The number of rotatable bonds is 6. The van der Waals surface area contributed by atoms with Gasteiger partial charge >= 0.3 is 5.97 Å². The molecule has 3 nitrogen and oxygen atoms in total. The minimum absolute atomic E-state index is 0.306. The third kappa shape index (κ3) is 4.62. The molecule has 19 heavy (non-hydrogen) atoms. The van der Waals surface area contributed by atoms with E-state index in [0.717, 1.165) is 11.0 Å². The van der Waals surface area contributed by atoms with Crippen molar-refractivity contribution in [2.75, 3.05) is 14.2 Å². The normalized spacial score (nSPS) is 12.5. The van der Waals surface area contributed by atoms with E-state index in [2.05, 4.69) is 41.7 Å². The molecule has 0 spiro atoms. The Labute approximate surface area is 124 Å². The zero-order chi connectivity index (χ0) is 14.4. The Bertz CT molecular complexity index is 434. The predicted octanol–water partition coefficient (Wildman–Crippen LogP) is 3.86. The lowest BCUT2D eigenvalue weighted by molar-refractivity contribution is 0.0600. The van der Waals surface area contributed by atoms with Gasteiger partial charge < -0.3 is 4.74 Å². The van der Waals surface area contributed by atoms with E-state index in [1.54, 1.807) is 0 Å². The lowest BCUT2D eigenvalue weighted by Crippen LogP contribution is -2.28. The van der Waals surface area contributed by atoms with Crippen LogP contribution in [0.1, 0.15) is 42.6 Å². The lowest BCUT2D eigenvalue weighted by atomic mass is 10.1. The second kappa shape index (κ2) is 7.65. The molecular weight excluding hydrogens is 306 g/mol. The van der Waals surface area contributed by atoms with Gasteiger partial charge in [-0.25, -0.2) is 4.79 Å². The van der Waals surface area contributed by atoms with Crippen LogP contribution in [0.5, 0.6) is 0 Å². The fourth-order valence-corrected chi connectivity index (χ4v) is 2.49. The molecule has 4 heteroatoms. The zero-order valence-electron chi connectivity index (χ0n) is 12.1. The molecule has 0 N–H and O–H groups in total. The van der Waals surface area contributed by atoms with Gasteiger partial charge in [0, 0.05) is 17.1 Å². The maximum absolute atomic E-state index is 11.4. The van der Waals surface area contributed by atoms with Crippen molar-refractivity contribution in [2.45, 2.75) is 39.3 Å². The summed E-state index contributed by atoms with van der Waals surface area (Å²) in [5, 5.41) is 0. The molecule has 0 bridgehead atoms. The number of hydrogen-bond donors (Lipinski definition) is 0. The molecule has 1 aromatic carbocycles. The number of esters is 1. The van der Waals surface area contributed by atoms with Crippen molar-refractivity contribution in [1.29, 1.82) is 0 Å². The number of nitrogens with zero attached hydrogens (tertiary/aromatic N) is 1. The molecule has 106 valence electrons. The van der Waals surface area contributed by atoms with Crippen molar-refractivity contribution in [3.05, 3.63) is 33.8 Å². The smallest absolute Gasteiger partial charge is 0.337 e. The van der Waals surface area contributed by atoms with E-state index in [1.165, 1.54) is 25.5 Å². The minimum Gasteiger partial charge on any atom is -0.465 e. The van der Waals surface area contributed by atoms with E-state index in [-0.39, 0.29) is 5.97 Å². The Kier molecular flexibility index (Phi) is 6.52. The molecule has 1 atom stereocenters. The molecule has 1 rings (SSSR count). The number of halogens is 1. The maximum atomic E-state index is 11.4. The predicted molar refractivity (Wildman–Crippen MR) is 81.3 cm³/mol. The van der Waals surface area contributed by atoms with Crippen LogP contribution in [0.3, 0.4) is 0 Å². The fraction of sp³-hybridized carbons (Fsp3) is 0.533. The molecule has 1 aromatic rings. The number of methoxy groups -OCH3 is 1. The number of carbonyl (C=O) groups excluding carboxylic acids is 1. The second-order valence-electron chi connectivity index (χ2n) is 4.85. The number of carbonyl (C=O) groups is 1. The first-order valence-corrected chi connectivity index (χ1v) is 7.35. The number of ether oxygens (including phenoxy) is 1. The quantitative estimate of drug-likeness (QED) is 0.743. The highest BCUT2D eigenvalue weighted by Crippen LogP contribution is 2.21. The van der Waals surface area contributed by atoms with Gasteiger partial charge in [0.25, 0.3) is 0 Å². The maximum Gasteiger partial charge on any atom is 0.337 e. The van der Waals surface area contributed by atoms with Crippen molar-refractivity contribution < 1.29 is 9.53 Å². The summed E-state index contributed by atoms with van der Waals surface area (Å²) < 4.78 is 5.66. The molecule has 0 aliphatic rings. The summed E-state index contributed by atoms with van der Waals surface area (Å²) in [6.45, 7) is 5.30. The van der Waals surface area contributed by atoms with Crippen molar-refractivity contribution in [3.63, 3.8) is 0 Å². The van der Waals surface area contributed by atoms with Gasteiger partial charge in [0.05, 0.1) is 12.7 Å². The Morgan fingerprint density at radius 3 is 2.68 bits per heavy atom. The van der Waals surface area contributed by atoms with Crippen LogP contribution < -0.4 is 0 Å². The summed E-state index contributed by atoms with van der Waals surface area (Å²) in [7, 11) is 3.52. The largest absolute Gasteiger partial charge is 0.465 e. The molecule has 0 fully saturated rings. The standard InChI is InChI=1S/C15H22BrNO2/c1-5-6-11(2)17(3)10-13-8-7-12(9-14(13)16)15(18)19-4/h7-9,11H,5-6,10H2,1-4H3. The number of hydrogen-bond acceptors (Lipinski definition) is 3. The van der Waals surface area contributed by atoms with Gasteiger partial charge in [-0.15, -0.1) is 0 Å². The first kappa shape index (κ1) is 16.2. The zero-order valence-corrected chi connectivity index (χ0v) is 13.7. The molecule has 0 saturated carbocycles. The monoisotopic (exact) mass is 327 g/mol. The van der Waals surface area contributed by atoms with E-state index >= 15 is 0 Å². The van der Waals surface area contributed by atoms with E-state index < -0.39 is 0 Å². The van der Waals surface area contributed by atoms with Gasteiger partial charge in [-0.2, -0.15) is 0 Å². The Morgan fingerprint density at radius 2 is 2.16 bits per heavy atom. The van der Waals surface area contributed by atoms with Crippen LogP contribution in [-0.4, -0.2) is 31.1 Å². The van der Waals surface area contributed by atoms with Crippen molar-refractivity contribution in [3.8, 4) is 0 Å². The molecule has 0 aliphatic heterocycles. The van der Waals surface area contributed by atoms with Crippen LogP contribution >= 0.6 is 15.9 Å². The first-order chi connectivity index (χ1) is 8.99. The molecule has 0 aliphatic carbocycles. The average Bonchev–Trinajstić information content (AvgIpc) is 2.40. The first-order valence-electron chi connectivity index (χ1n) is 6.56. The van der Waals surface area contributed by atoms with Crippen LogP contribution in [0.4, 0.5) is 0 Å². The summed E-state index contributed by atoms with van der Waals surface area (Å²) in [5.74, 6) is -0.306. The molecular formula is C15H22BrNO2. The van der Waals surface area contributed by atoms with E-state index in [0.29, 0.717) is 11.6 Å². The minimum atomic E-state index is -0.306. The van der Waals surface area contributed by atoms with E-state index in [9.17, 15) is 4.79 Å². The van der Waals surface area contributed by atoms with Crippen molar-refractivity contribution >= 4 is 21.9 Å². The van der Waals surface area contributed by atoms with Crippen LogP contribution in [0.25, 0.3) is 0 Å². The summed E-state index contributed by atoms with van der Waals surface area (Å²) in [6.07, 6.45) is 2.38. The van der Waals surface area contributed by atoms with Gasteiger partial charge in [-0.3, -0.25) is 4.90 Å². The van der Waals surface area contributed by atoms with Gasteiger partial charge in [0.2, 0.25) is 0 Å². The van der Waals surface area contributed by atoms with Gasteiger partial charge in [-0.1, -0.05) is 35.3 Å². The Hall–Kier alpha value is -0.870. The Balaban J connectivity index is 2.77. The van der Waals surface area contributed by atoms with Crippen LogP contribution in [0.15, 0.2) is 22.7 Å². The van der Waals surface area contributed by atoms with E-state index in [4.69, 9.17) is 4.74 Å². The molecule has 0 heterocycles. The third-order valence-corrected chi connectivity index (χ3v) is 4.09. The third-order valence-electron chi connectivity index (χ3n) is 3.35. The van der Waals surface area contributed by atoms with Crippen molar-refractivity contribution in [2.24, 2.45) is 0 Å². The SMILES string of the molecule is CCCC(C)N(C)Cc1ccc(C(=O)OC)cc1Br. The Morgan fingerprint density at radius 1 is 1.47 bits per heavy atom. The van der Waals surface area contributed by atoms with Gasteiger partial charge in [0.15, 0.2) is 0 Å².